The first kappa shape index (κ1) is 21.9. The molecule has 0 bridgehead atoms. The number of amides is 2. The largest absolute Gasteiger partial charge is 0.497 e. The van der Waals surface area contributed by atoms with Crippen LogP contribution in [0.1, 0.15) is 59.2 Å². The third-order valence-electron chi connectivity index (χ3n) is 5.92. The second-order valence-electron chi connectivity index (χ2n) is 8.16. The Kier molecular flexibility index (Phi) is 7.14. The van der Waals surface area contributed by atoms with Crippen molar-refractivity contribution in [2.24, 2.45) is 0 Å². The van der Waals surface area contributed by atoms with Gasteiger partial charge in [-0.15, -0.1) is 0 Å². The zero-order valence-electron chi connectivity index (χ0n) is 18.5. The molecule has 3 rings (SSSR count). The molecule has 0 saturated carbocycles. The molecule has 5 heteroatoms. The third-order valence-corrected chi connectivity index (χ3v) is 5.92. The Balaban J connectivity index is 1.67. The van der Waals surface area contributed by atoms with Gasteiger partial charge in [0.25, 0.3) is 5.91 Å². The van der Waals surface area contributed by atoms with Crippen molar-refractivity contribution >= 4 is 11.8 Å². The number of aryl methyl sites for hydroxylation is 1. The van der Waals surface area contributed by atoms with E-state index >= 15 is 0 Å². The molecule has 1 aliphatic carbocycles. The maximum Gasteiger partial charge on any atom is 0.253 e. The van der Waals surface area contributed by atoms with Crippen molar-refractivity contribution < 1.29 is 14.3 Å². The fourth-order valence-corrected chi connectivity index (χ4v) is 4.18. The van der Waals surface area contributed by atoms with Crippen molar-refractivity contribution in [1.82, 2.24) is 9.80 Å². The van der Waals surface area contributed by atoms with Crippen molar-refractivity contribution in [3.05, 3.63) is 64.7 Å². The Morgan fingerprint density at radius 3 is 2.47 bits per heavy atom. The lowest BCUT2D eigenvalue weighted by atomic mass is 9.80. The van der Waals surface area contributed by atoms with E-state index in [2.05, 4.69) is 12.1 Å². The molecule has 2 aromatic rings. The minimum absolute atomic E-state index is 0.0161. The number of carbonyl (C=O) groups is 2. The first-order valence-electron chi connectivity index (χ1n) is 10.7. The number of carbonyl (C=O) groups excluding carboxylic acids is 2. The van der Waals surface area contributed by atoms with E-state index in [9.17, 15) is 9.59 Å². The van der Waals surface area contributed by atoms with Crippen LogP contribution in [0.25, 0.3) is 0 Å². The fourth-order valence-electron chi connectivity index (χ4n) is 4.18. The van der Waals surface area contributed by atoms with Crippen molar-refractivity contribution in [2.75, 3.05) is 27.7 Å². The molecular weight excluding hydrogens is 376 g/mol. The highest BCUT2D eigenvalue weighted by atomic mass is 16.5. The predicted molar refractivity (Wildman–Crippen MR) is 119 cm³/mol. The van der Waals surface area contributed by atoms with Gasteiger partial charge in [0.15, 0.2) is 0 Å². The van der Waals surface area contributed by atoms with Crippen molar-refractivity contribution in [3.63, 3.8) is 0 Å². The molecule has 2 amide bonds. The standard InChI is InChI=1S/C25H32N2O3/c1-5-27(17-18-9-11-19(12-10-18)25(29)26(2)3)24(28)16-21-8-6-7-20-15-22(30-4)13-14-23(20)21/h9-15,21H,5-8,16-17H2,1-4H3. The van der Waals surface area contributed by atoms with Crippen molar-refractivity contribution in [3.8, 4) is 5.75 Å². The van der Waals surface area contributed by atoms with Gasteiger partial charge in [0.1, 0.15) is 5.75 Å². The Morgan fingerprint density at radius 2 is 1.83 bits per heavy atom. The molecular formula is C25H32N2O3. The van der Waals surface area contributed by atoms with Gasteiger partial charge in [0, 0.05) is 39.2 Å². The molecule has 0 fully saturated rings. The highest BCUT2D eigenvalue weighted by Crippen LogP contribution is 2.36. The van der Waals surface area contributed by atoms with Gasteiger partial charge in [-0.05, 0) is 73.1 Å². The lowest BCUT2D eigenvalue weighted by molar-refractivity contribution is -0.132. The third kappa shape index (κ3) is 5.02. The van der Waals surface area contributed by atoms with Crippen LogP contribution < -0.4 is 4.74 Å². The zero-order valence-corrected chi connectivity index (χ0v) is 18.5. The number of hydrogen-bond donors (Lipinski definition) is 0. The van der Waals surface area contributed by atoms with Crippen LogP contribution in [0.3, 0.4) is 0 Å². The monoisotopic (exact) mass is 408 g/mol. The molecule has 30 heavy (non-hydrogen) atoms. The Labute approximate surface area is 179 Å². The second-order valence-corrected chi connectivity index (χ2v) is 8.16. The molecule has 2 aromatic carbocycles. The van der Waals surface area contributed by atoms with Gasteiger partial charge in [-0.25, -0.2) is 0 Å². The van der Waals surface area contributed by atoms with Crippen LogP contribution in [-0.4, -0.2) is 49.4 Å². The van der Waals surface area contributed by atoms with Crippen LogP contribution in [0.15, 0.2) is 42.5 Å². The van der Waals surface area contributed by atoms with E-state index in [1.165, 1.54) is 11.1 Å². The molecule has 0 aromatic heterocycles. The molecule has 0 heterocycles. The summed E-state index contributed by atoms with van der Waals surface area (Å²) in [6.07, 6.45) is 3.73. The van der Waals surface area contributed by atoms with E-state index < -0.39 is 0 Å². The van der Waals surface area contributed by atoms with Crippen LogP contribution >= 0.6 is 0 Å². The van der Waals surface area contributed by atoms with Crippen LogP contribution in [0.2, 0.25) is 0 Å². The maximum absolute atomic E-state index is 13.1. The molecule has 5 nitrogen and oxygen atoms in total. The first-order valence-corrected chi connectivity index (χ1v) is 10.7. The number of ether oxygens (including phenoxy) is 1. The van der Waals surface area contributed by atoms with E-state index in [0.717, 1.165) is 30.6 Å². The summed E-state index contributed by atoms with van der Waals surface area (Å²) >= 11 is 0. The SMILES string of the molecule is CCN(Cc1ccc(C(=O)N(C)C)cc1)C(=O)CC1CCCc2cc(OC)ccc21. The van der Waals surface area contributed by atoms with E-state index in [1.54, 1.807) is 26.1 Å². The van der Waals surface area contributed by atoms with Crippen LogP contribution in [0.5, 0.6) is 5.75 Å². The van der Waals surface area contributed by atoms with Gasteiger partial charge in [-0.2, -0.15) is 0 Å². The van der Waals surface area contributed by atoms with Gasteiger partial charge >= 0.3 is 0 Å². The minimum Gasteiger partial charge on any atom is -0.497 e. The summed E-state index contributed by atoms with van der Waals surface area (Å²) in [6.45, 7) is 3.24. The normalized spacial score (nSPS) is 15.3. The summed E-state index contributed by atoms with van der Waals surface area (Å²) in [5, 5.41) is 0. The quantitative estimate of drug-likeness (QED) is 0.688. The summed E-state index contributed by atoms with van der Waals surface area (Å²) in [5.41, 5.74) is 4.29. The second kappa shape index (κ2) is 9.79. The summed E-state index contributed by atoms with van der Waals surface area (Å²) in [5.74, 6) is 1.31. The van der Waals surface area contributed by atoms with Gasteiger partial charge < -0.3 is 14.5 Å². The molecule has 1 aliphatic rings. The van der Waals surface area contributed by atoms with Gasteiger partial charge in [0.05, 0.1) is 7.11 Å². The molecule has 0 saturated heterocycles. The van der Waals surface area contributed by atoms with Gasteiger partial charge in [-0.1, -0.05) is 18.2 Å². The molecule has 0 radical (unpaired) electrons. The summed E-state index contributed by atoms with van der Waals surface area (Å²) in [7, 11) is 5.17. The minimum atomic E-state index is -0.0161. The first-order chi connectivity index (χ1) is 14.4. The van der Waals surface area contributed by atoms with E-state index in [-0.39, 0.29) is 17.7 Å². The van der Waals surface area contributed by atoms with Gasteiger partial charge in [0.2, 0.25) is 5.91 Å². The lowest BCUT2D eigenvalue weighted by Gasteiger charge is -2.28. The average molecular weight is 409 g/mol. The zero-order chi connectivity index (χ0) is 21.7. The molecule has 0 spiro atoms. The fraction of sp³-hybridized carbons (Fsp3) is 0.440. The number of nitrogens with zero attached hydrogens (tertiary/aromatic N) is 2. The number of methoxy groups -OCH3 is 1. The smallest absolute Gasteiger partial charge is 0.253 e. The molecule has 0 N–H and O–H groups in total. The topological polar surface area (TPSA) is 49.9 Å². The van der Waals surface area contributed by atoms with Crippen molar-refractivity contribution in [2.45, 2.75) is 45.1 Å². The number of benzene rings is 2. The summed E-state index contributed by atoms with van der Waals surface area (Å²) < 4.78 is 5.36. The Morgan fingerprint density at radius 1 is 1.10 bits per heavy atom. The number of rotatable bonds is 7. The Bertz CT molecular complexity index is 890. The van der Waals surface area contributed by atoms with Crippen LogP contribution in [0.4, 0.5) is 0 Å². The lowest BCUT2D eigenvalue weighted by Crippen LogP contribution is -2.32. The summed E-state index contributed by atoms with van der Waals surface area (Å²) in [6, 6.07) is 13.8. The highest BCUT2D eigenvalue weighted by molar-refractivity contribution is 5.93. The number of hydrogen-bond acceptors (Lipinski definition) is 3. The van der Waals surface area contributed by atoms with E-state index in [0.29, 0.717) is 25.1 Å². The Hall–Kier alpha value is -2.82. The van der Waals surface area contributed by atoms with Gasteiger partial charge in [-0.3, -0.25) is 9.59 Å². The molecule has 0 aliphatic heterocycles. The van der Waals surface area contributed by atoms with Crippen LogP contribution in [-0.2, 0) is 17.8 Å². The molecule has 1 unspecified atom stereocenters. The number of fused-ring (bicyclic) bond motifs is 1. The maximum atomic E-state index is 13.1. The van der Waals surface area contributed by atoms with Crippen LogP contribution in [0, 0.1) is 0 Å². The highest BCUT2D eigenvalue weighted by Gasteiger charge is 2.25. The predicted octanol–water partition coefficient (Wildman–Crippen LogP) is 4.26. The van der Waals surface area contributed by atoms with Crippen molar-refractivity contribution in [1.29, 1.82) is 0 Å². The molecule has 160 valence electrons. The average Bonchev–Trinajstić information content (AvgIpc) is 2.77. The molecule has 1 atom stereocenters. The summed E-state index contributed by atoms with van der Waals surface area (Å²) in [4.78, 5) is 28.6. The van der Waals surface area contributed by atoms with E-state index in [1.807, 2.05) is 42.2 Å². The van der Waals surface area contributed by atoms with E-state index in [4.69, 9.17) is 4.74 Å².